The van der Waals surface area contributed by atoms with E-state index in [1.165, 1.54) is 4.57 Å². The van der Waals surface area contributed by atoms with Gasteiger partial charge in [-0.3, -0.25) is 14.8 Å². The number of morpholine rings is 1. The number of nitrogens with zero attached hydrogens (tertiary/aromatic N) is 3. The van der Waals surface area contributed by atoms with E-state index in [-0.39, 0.29) is 11.0 Å². The van der Waals surface area contributed by atoms with Crippen molar-refractivity contribution in [2.24, 2.45) is 0 Å². The molecule has 2 aliphatic heterocycles. The van der Waals surface area contributed by atoms with Gasteiger partial charge in [0.2, 0.25) is 5.82 Å². The van der Waals surface area contributed by atoms with E-state index in [4.69, 9.17) is 16.3 Å². The number of fused-ring (bicyclic) bond motifs is 1. The van der Waals surface area contributed by atoms with Gasteiger partial charge < -0.3 is 9.84 Å². The highest BCUT2D eigenvalue weighted by Crippen LogP contribution is 2.42. The van der Waals surface area contributed by atoms with Gasteiger partial charge in [-0.1, -0.05) is 25.4 Å². The van der Waals surface area contributed by atoms with Gasteiger partial charge in [0.15, 0.2) is 5.15 Å². The van der Waals surface area contributed by atoms with Gasteiger partial charge in [0.05, 0.1) is 18.9 Å². The van der Waals surface area contributed by atoms with Crippen molar-refractivity contribution in [1.82, 2.24) is 14.6 Å². The Labute approximate surface area is 138 Å². The smallest absolute Gasteiger partial charge is 0.326 e. The number of aromatic nitrogens is 2. The van der Waals surface area contributed by atoms with Gasteiger partial charge in [0.25, 0.3) is 5.56 Å². The van der Waals surface area contributed by atoms with E-state index in [9.17, 15) is 14.7 Å². The average Bonchev–Trinajstić information content (AvgIpc) is 2.78. The summed E-state index contributed by atoms with van der Waals surface area (Å²) in [4.78, 5) is 28.5. The number of hydrazine groups is 1. The Kier molecular flexibility index (Phi) is 4.07. The third-order valence-electron chi connectivity index (χ3n) is 4.28. The second-order valence-electron chi connectivity index (χ2n) is 6.43. The molecule has 0 aromatic carbocycles. The van der Waals surface area contributed by atoms with Gasteiger partial charge in [0, 0.05) is 18.5 Å². The van der Waals surface area contributed by atoms with E-state index in [1.54, 1.807) is 0 Å². The lowest BCUT2D eigenvalue weighted by Gasteiger charge is -2.27. The van der Waals surface area contributed by atoms with E-state index in [2.05, 4.69) is 10.4 Å². The summed E-state index contributed by atoms with van der Waals surface area (Å²) in [6, 6.07) is -0.932. The zero-order chi connectivity index (χ0) is 16.8. The van der Waals surface area contributed by atoms with Crippen molar-refractivity contribution in [2.45, 2.75) is 31.7 Å². The van der Waals surface area contributed by atoms with E-state index < -0.39 is 23.0 Å². The molecule has 126 valence electrons. The van der Waals surface area contributed by atoms with Crippen molar-refractivity contribution in [1.29, 1.82) is 0 Å². The van der Waals surface area contributed by atoms with Crippen LogP contribution in [0.5, 0.6) is 0 Å². The number of rotatable bonds is 3. The molecule has 0 unspecified atom stereocenters. The van der Waals surface area contributed by atoms with Crippen molar-refractivity contribution in [2.75, 3.05) is 31.7 Å². The largest absolute Gasteiger partial charge is 0.480 e. The molecule has 1 saturated heterocycles. The van der Waals surface area contributed by atoms with E-state index in [0.717, 1.165) is 0 Å². The molecule has 23 heavy (non-hydrogen) atoms. The second-order valence-corrected chi connectivity index (χ2v) is 6.79. The number of hydrogen-bond donors (Lipinski definition) is 2. The molecule has 9 heteroatoms. The van der Waals surface area contributed by atoms with Gasteiger partial charge in [0.1, 0.15) is 6.04 Å². The fraction of sp³-hybridized carbons (Fsp3) is 0.643. The maximum absolute atomic E-state index is 12.7. The number of carboxylic acid groups (broad SMARTS) is 1. The first kappa shape index (κ1) is 16.2. The molecular formula is C14H19ClN4O4. The maximum atomic E-state index is 12.7. The zero-order valence-electron chi connectivity index (χ0n) is 13.0. The molecule has 0 aliphatic carbocycles. The van der Waals surface area contributed by atoms with Crippen LogP contribution >= 0.6 is 11.6 Å². The number of carboxylic acids is 1. The molecule has 8 nitrogen and oxygen atoms in total. The number of carbonyl (C=O) groups is 1. The summed E-state index contributed by atoms with van der Waals surface area (Å²) in [7, 11) is 0. The van der Waals surface area contributed by atoms with Crippen molar-refractivity contribution in [3.05, 3.63) is 21.2 Å². The SMILES string of the molecule is CC1(C)C[C@@H](C(=O)O)n2c1c(Cl)nc(NN1CCOCC1)c2=O. The summed E-state index contributed by atoms with van der Waals surface area (Å²) in [6.07, 6.45) is 0.306. The number of aliphatic carboxylic acids is 1. The highest BCUT2D eigenvalue weighted by molar-refractivity contribution is 6.30. The minimum atomic E-state index is -1.04. The number of anilines is 1. The Hall–Kier alpha value is -1.64. The molecule has 0 saturated carbocycles. The predicted octanol–water partition coefficient (Wildman–Crippen LogP) is 0.863. The predicted molar refractivity (Wildman–Crippen MR) is 83.8 cm³/mol. The van der Waals surface area contributed by atoms with Crippen LogP contribution in [0.25, 0.3) is 0 Å². The summed E-state index contributed by atoms with van der Waals surface area (Å²) in [5.74, 6) is -0.997. The van der Waals surface area contributed by atoms with Gasteiger partial charge in [-0.05, 0) is 6.42 Å². The molecule has 3 heterocycles. The van der Waals surface area contributed by atoms with Crippen LogP contribution in [-0.4, -0.2) is 51.9 Å². The Morgan fingerprint density at radius 1 is 1.43 bits per heavy atom. The monoisotopic (exact) mass is 342 g/mol. The Morgan fingerprint density at radius 2 is 2.09 bits per heavy atom. The van der Waals surface area contributed by atoms with Gasteiger partial charge in [-0.25, -0.2) is 14.8 Å². The molecule has 0 radical (unpaired) electrons. The van der Waals surface area contributed by atoms with Crippen LogP contribution in [0.4, 0.5) is 5.82 Å². The summed E-state index contributed by atoms with van der Waals surface area (Å²) in [5.41, 5.74) is 2.43. The standard InChI is InChI=1S/C14H19ClN4O4/c1-14(2)7-8(13(21)22)19-9(14)10(15)16-11(12(19)20)17-18-3-5-23-6-4-18/h8H,3-7H2,1-2H3,(H,16,17)(H,21,22)/t8-/m0/s1. The Balaban J connectivity index is 2.05. The molecule has 0 amide bonds. The fourth-order valence-electron chi connectivity index (χ4n) is 3.18. The van der Waals surface area contributed by atoms with Gasteiger partial charge in [-0.15, -0.1) is 0 Å². The Morgan fingerprint density at radius 3 is 2.70 bits per heavy atom. The number of ether oxygens (including phenoxy) is 1. The van der Waals surface area contributed by atoms with Crippen molar-refractivity contribution in [3.63, 3.8) is 0 Å². The van der Waals surface area contributed by atoms with Crippen LogP contribution in [0.2, 0.25) is 5.15 Å². The molecule has 2 aliphatic rings. The van der Waals surface area contributed by atoms with Crippen molar-refractivity contribution in [3.8, 4) is 0 Å². The fourth-order valence-corrected chi connectivity index (χ4v) is 3.61. The van der Waals surface area contributed by atoms with E-state index in [1.807, 2.05) is 18.9 Å². The molecule has 0 spiro atoms. The van der Waals surface area contributed by atoms with E-state index >= 15 is 0 Å². The quantitative estimate of drug-likeness (QED) is 0.841. The van der Waals surface area contributed by atoms with Crippen molar-refractivity contribution >= 4 is 23.4 Å². The molecule has 2 N–H and O–H groups in total. The maximum Gasteiger partial charge on any atom is 0.326 e. The second kappa shape index (κ2) is 5.77. The third kappa shape index (κ3) is 2.82. The molecule has 0 bridgehead atoms. The van der Waals surface area contributed by atoms with Crippen LogP contribution in [-0.2, 0) is 14.9 Å². The lowest BCUT2D eigenvalue weighted by atomic mass is 9.87. The minimum Gasteiger partial charge on any atom is -0.480 e. The molecule has 1 aromatic rings. The lowest BCUT2D eigenvalue weighted by molar-refractivity contribution is -0.140. The topological polar surface area (TPSA) is 96.7 Å². The number of nitrogens with one attached hydrogen (secondary N) is 1. The van der Waals surface area contributed by atoms with Crippen LogP contribution in [0.15, 0.2) is 4.79 Å². The lowest BCUT2D eigenvalue weighted by Crippen LogP contribution is -2.43. The molecule has 1 fully saturated rings. The van der Waals surface area contributed by atoms with Gasteiger partial charge in [-0.2, -0.15) is 0 Å². The molecular weight excluding hydrogens is 324 g/mol. The summed E-state index contributed by atoms with van der Waals surface area (Å²) in [6.45, 7) is 6.05. The van der Waals surface area contributed by atoms with Crippen LogP contribution in [0.1, 0.15) is 32.0 Å². The highest BCUT2D eigenvalue weighted by atomic mass is 35.5. The van der Waals surface area contributed by atoms with Crippen LogP contribution in [0.3, 0.4) is 0 Å². The van der Waals surface area contributed by atoms with Crippen LogP contribution < -0.4 is 11.0 Å². The highest BCUT2D eigenvalue weighted by Gasteiger charge is 2.44. The molecule has 3 rings (SSSR count). The zero-order valence-corrected chi connectivity index (χ0v) is 13.8. The summed E-state index contributed by atoms with van der Waals surface area (Å²) >= 11 is 6.27. The average molecular weight is 343 g/mol. The van der Waals surface area contributed by atoms with Crippen LogP contribution in [0, 0.1) is 0 Å². The first-order valence-corrected chi connectivity index (χ1v) is 7.84. The van der Waals surface area contributed by atoms with Crippen molar-refractivity contribution < 1.29 is 14.6 Å². The number of hydrogen-bond acceptors (Lipinski definition) is 6. The minimum absolute atomic E-state index is 0.0459. The molecule has 1 aromatic heterocycles. The van der Waals surface area contributed by atoms with Gasteiger partial charge >= 0.3 is 5.97 Å². The first-order valence-electron chi connectivity index (χ1n) is 7.46. The summed E-state index contributed by atoms with van der Waals surface area (Å²) in [5, 5.41) is 11.4. The summed E-state index contributed by atoms with van der Waals surface area (Å²) < 4.78 is 6.52. The third-order valence-corrected chi connectivity index (χ3v) is 4.55. The Bertz CT molecular complexity index is 697. The molecule has 1 atom stereocenters. The first-order chi connectivity index (χ1) is 10.8. The number of halogens is 1. The van der Waals surface area contributed by atoms with E-state index in [0.29, 0.717) is 38.4 Å². The normalized spacial score (nSPS) is 23.5.